The average molecular weight is 1030 g/mol. The van der Waals surface area contributed by atoms with Crippen molar-refractivity contribution in [2.45, 2.75) is 152 Å². The van der Waals surface area contributed by atoms with Crippen molar-refractivity contribution in [3.63, 3.8) is 0 Å². The van der Waals surface area contributed by atoms with E-state index < -0.39 is 22.9 Å². The molecule has 2 fully saturated rings. The highest BCUT2D eigenvalue weighted by molar-refractivity contribution is 5.97. The molecular weight excluding hydrogens is 937 g/mol. The third kappa shape index (κ3) is 15.9. The molecule has 2 aliphatic heterocycles. The van der Waals surface area contributed by atoms with Crippen LogP contribution in [0.5, 0.6) is 0 Å². The highest BCUT2D eigenvalue weighted by atomic mass is 16.2. The molecule has 0 radical (unpaired) electrons. The predicted octanol–water partition coefficient (Wildman–Crippen LogP) is 10.5. The van der Waals surface area contributed by atoms with Gasteiger partial charge in [-0.05, 0) is 109 Å². The Morgan fingerprint density at radius 1 is 0.547 bits per heavy atom. The van der Waals surface area contributed by atoms with E-state index in [4.69, 9.17) is 0 Å². The SMILES string of the molecule is C.CC[C@@H](C)C(=O)N[C@H](C(=O)N1CCC[C@H]1CN(CCc1ccccc1)C(=O)c1ccc(-c2cccc(C(=O)N(CCc3ccccc3)C[C@@H]3CCCN3C(=O)[C@@H](NC(=O)[C@H](C)CC)C(C)(C)C)c2)cc1)C(C)(C)C. The lowest BCUT2D eigenvalue weighted by Crippen LogP contribution is -2.57. The maximum absolute atomic E-state index is 14.8. The fraction of sp³-hybridized carbons (Fsp3) is 0.524. The van der Waals surface area contributed by atoms with Gasteiger partial charge >= 0.3 is 0 Å². The molecule has 12 nitrogen and oxygen atoms in total. The van der Waals surface area contributed by atoms with Gasteiger partial charge in [-0.1, -0.05) is 162 Å². The molecule has 0 spiro atoms. The molecule has 406 valence electrons. The standard InChI is InChI=1S/C62H84N6O6.CH4/c1-11-43(3)55(69)63-53(61(5,6)7)59(73)67-36-20-28-51(67)41-65(38-34-45-22-15-13-16-23-45)57(71)48-32-30-47(31-33-48)49-26-19-27-50(40-49)58(72)66(39-35-46-24-17-14-18-25-46)42-52-29-21-37-68(52)60(74)54(62(8,9)10)64-56(70)44(4)12-2;/h13-19,22-27,30-33,40,43-44,51-54H,11-12,20-21,28-29,34-39,41-42H2,1-10H3,(H,63,69)(H,64,70);1H4/t43-,44-,51+,52+,53-,54-;/m1./s1. The number of nitrogens with one attached hydrogen (secondary N) is 2. The lowest BCUT2D eigenvalue weighted by atomic mass is 9.85. The minimum atomic E-state index is -0.704. The number of benzene rings is 4. The predicted molar refractivity (Wildman–Crippen MR) is 302 cm³/mol. The van der Waals surface area contributed by atoms with Crippen molar-refractivity contribution in [3.05, 3.63) is 131 Å². The van der Waals surface area contributed by atoms with Gasteiger partial charge < -0.3 is 30.2 Å². The molecule has 2 saturated heterocycles. The van der Waals surface area contributed by atoms with E-state index in [1.54, 1.807) is 0 Å². The number of amides is 6. The Labute approximate surface area is 449 Å². The Morgan fingerprint density at radius 2 is 0.960 bits per heavy atom. The van der Waals surface area contributed by atoms with Crippen LogP contribution in [0.1, 0.15) is 147 Å². The van der Waals surface area contributed by atoms with Crippen LogP contribution in [0.4, 0.5) is 0 Å². The summed E-state index contributed by atoms with van der Waals surface area (Å²) in [5.41, 5.74) is 3.91. The molecule has 2 N–H and O–H groups in total. The van der Waals surface area contributed by atoms with E-state index in [0.29, 0.717) is 76.1 Å². The molecule has 0 saturated carbocycles. The molecular formula is C63H88N6O6. The molecule has 4 aromatic carbocycles. The van der Waals surface area contributed by atoms with Crippen molar-refractivity contribution in [1.29, 1.82) is 0 Å². The third-order valence-corrected chi connectivity index (χ3v) is 15.3. The monoisotopic (exact) mass is 1020 g/mol. The lowest BCUT2D eigenvalue weighted by Gasteiger charge is -2.37. The molecule has 75 heavy (non-hydrogen) atoms. The van der Waals surface area contributed by atoms with E-state index in [2.05, 4.69) is 34.9 Å². The molecule has 2 aliphatic rings. The van der Waals surface area contributed by atoms with Gasteiger partial charge in [-0.2, -0.15) is 0 Å². The van der Waals surface area contributed by atoms with Gasteiger partial charge in [0.25, 0.3) is 11.8 Å². The highest BCUT2D eigenvalue weighted by Gasteiger charge is 2.42. The van der Waals surface area contributed by atoms with Gasteiger partial charge in [0.05, 0.1) is 0 Å². The van der Waals surface area contributed by atoms with Crippen molar-refractivity contribution in [1.82, 2.24) is 30.2 Å². The Kier molecular flexibility index (Phi) is 21.4. The van der Waals surface area contributed by atoms with Crippen LogP contribution in [0.2, 0.25) is 0 Å². The summed E-state index contributed by atoms with van der Waals surface area (Å²) >= 11 is 0. The summed E-state index contributed by atoms with van der Waals surface area (Å²) in [5, 5.41) is 6.16. The van der Waals surface area contributed by atoms with Crippen LogP contribution in [0.15, 0.2) is 109 Å². The van der Waals surface area contributed by atoms with Gasteiger partial charge in [0.1, 0.15) is 12.1 Å². The summed E-state index contributed by atoms with van der Waals surface area (Å²) in [6, 6.07) is 33.5. The normalized spacial score (nSPS) is 17.3. The van der Waals surface area contributed by atoms with Crippen molar-refractivity contribution in [2.24, 2.45) is 22.7 Å². The first kappa shape index (κ1) is 59.6. The molecule has 0 unspecified atom stereocenters. The first-order valence-corrected chi connectivity index (χ1v) is 27.3. The first-order valence-electron chi connectivity index (χ1n) is 27.3. The van der Waals surface area contributed by atoms with E-state index in [1.807, 2.05) is 174 Å². The second kappa shape index (κ2) is 27.0. The van der Waals surface area contributed by atoms with Crippen LogP contribution in [0, 0.1) is 22.7 Å². The van der Waals surface area contributed by atoms with Crippen LogP contribution in [0.25, 0.3) is 11.1 Å². The van der Waals surface area contributed by atoms with Gasteiger partial charge in [-0.25, -0.2) is 0 Å². The van der Waals surface area contributed by atoms with Gasteiger partial charge in [-0.3, -0.25) is 28.8 Å². The number of carbonyl (C=O) groups is 6. The number of likely N-dealkylation sites (tertiary alicyclic amines) is 2. The van der Waals surface area contributed by atoms with Crippen LogP contribution < -0.4 is 10.6 Å². The van der Waals surface area contributed by atoms with Crippen LogP contribution in [-0.4, -0.2) is 118 Å². The third-order valence-electron chi connectivity index (χ3n) is 15.3. The van der Waals surface area contributed by atoms with Crippen LogP contribution >= 0.6 is 0 Å². The number of nitrogens with zero attached hydrogens (tertiary/aromatic N) is 4. The number of hydrogen-bond donors (Lipinski definition) is 2. The van der Waals surface area contributed by atoms with Gasteiger partial charge in [0, 0.05) is 74.3 Å². The number of hydrogen-bond acceptors (Lipinski definition) is 6. The van der Waals surface area contributed by atoms with Gasteiger partial charge in [0.2, 0.25) is 23.6 Å². The topological polar surface area (TPSA) is 139 Å². The quantitative estimate of drug-likeness (QED) is 0.0852. The summed E-state index contributed by atoms with van der Waals surface area (Å²) in [6.45, 7) is 22.3. The highest BCUT2D eigenvalue weighted by Crippen LogP contribution is 2.30. The summed E-state index contributed by atoms with van der Waals surface area (Å²) in [4.78, 5) is 92.1. The van der Waals surface area contributed by atoms with Gasteiger partial charge in [-0.15, -0.1) is 0 Å². The molecule has 0 bridgehead atoms. The van der Waals surface area contributed by atoms with E-state index in [-0.39, 0.29) is 66.8 Å². The number of rotatable bonds is 21. The fourth-order valence-electron chi connectivity index (χ4n) is 10.1. The number of carbonyl (C=O) groups excluding carboxylic acids is 6. The summed E-state index contributed by atoms with van der Waals surface area (Å²) in [7, 11) is 0. The fourth-order valence-corrected chi connectivity index (χ4v) is 10.1. The molecule has 6 atom stereocenters. The van der Waals surface area contributed by atoms with Crippen molar-refractivity contribution in [3.8, 4) is 11.1 Å². The van der Waals surface area contributed by atoms with Crippen LogP contribution in [0.3, 0.4) is 0 Å². The first-order chi connectivity index (χ1) is 35.2. The van der Waals surface area contributed by atoms with E-state index in [0.717, 1.165) is 47.9 Å². The molecule has 6 amide bonds. The van der Waals surface area contributed by atoms with Gasteiger partial charge in [0.15, 0.2) is 0 Å². The summed E-state index contributed by atoms with van der Waals surface area (Å²) in [6.07, 6.45) is 5.76. The molecule has 0 aromatic heterocycles. The van der Waals surface area contributed by atoms with Crippen LogP contribution in [-0.2, 0) is 32.0 Å². The van der Waals surface area contributed by atoms with E-state index in [1.165, 1.54) is 0 Å². The molecule has 2 heterocycles. The zero-order valence-electron chi connectivity index (χ0n) is 46.0. The van der Waals surface area contributed by atoms with Crippen molar-refractivity contribution >= 4 is 35.4 Å². The largest absolute Gasteiger partial charge is 0.344 e. The molecule has 0 aliphatic carbocycles. The Bertz CT molecular complexity index is 2520. The van der Waals surface area contributed by atoms with E-state index >= 15 is 0 Å². The average Bonchev–Trinajstić information content (AvgIpc) is 4.08. The van der Waals surface area contributed by atoms with E-state index in [9.17, 15) is 28.8 Å². The maximum Gasteiger partial charge on any atom is 0.253 e. The maximum atomic E-state index is 14.8. The zero-order chi connectivity index (χ0) is 53.7. The second-order valence-corrected chi connectivity index (χ2v) is 23.0. The molecule has 4 aromatic rings. The Morgan fingerprint density at radius 3 is 1.36 bits per heavy atom. The molecule has 12 heteroatoms. The summed E-state index contributed by atoms with van der Waals surface area (Å²) in [5.74, 6) is -1.17. The second-order valence-electron chi connectivity index (χ2n) is 23.0. The lowest BCUT2D eigenvalue weighted by molar-refractivity contribution is -0.141. The minimum absolute atomic E-state index is 0. The zero-order valence-corrected chi connectivity index (χ0v) is 46.0. The Balaban J connectivity index is 0.0000104. The minimum Gasteiger partial charge on any atom is -0.344 e. The Hall–Kier alpha value is -6.30. The summed E-state index contributed by atoms with van der Waals surface area (Å²) < 4.78 is 0. The van der Waals surface area contributed by atoms with Crippen molar-refractivity contribution in [2.75, 3.05) is 39.3 Å². The smallest absolute Gasteiger partial charge is 0.253 e. The molecule has 6 rings (SSSR count). The van der Waals surface area contributed by atoms with Crippen molar-refractivity contribution < 1.29 is 28.8 Å².